The molecule has 7 heteroatoms. The Balaban J connectivity index is 1.67. The number of nitrogens with zero attached hydrogens (tertiary/aromatic N) is 4. The van der Waals surface area contributed by atoms with E-state index in [1.165, 1.54) is 0 Å². The Kier molecular flexibility index (Phi) is 4.60. The number of aromatic nitrogens is 2. The molecule has 2 heterocycles. The molecule has 27 heavy (non-hydrogen) atoms. The molecule has 1 fully saturated rings. The van der Waals surface area contributed by atoms with Crippen molar-refractivity contribution in [2.75, 3.05) is 38.1 Å². The van der Waals surface area contributed by atoms with Gasteiger partial charge in [0, 0.05) is 43.3 Å². The van der Waals surface area contributed by atoms with Gasteiger partial charge in [0.2, 0.25) is 0 Å². The normalized spacial score (nSPS) is 15.7. The first-order valence-corrected chi connectivity index (χ1v) is 8.95. The Morgan fingerprint density at radius 2 is 1.89 bits per heavy atom. The average Bonchev–Trinajstić information content (AvgIpc) is 3.10. The van der Waals surface area contributed by atoms with Crippen molar-refractivity contribution in [1.29, 1.82) is 0 Å². The van der Waals surface area contributed by atoms with E-state index in [1.807, 2.05) is 42.5 Å². The van der Waals surface area contributed by atoms with Crippen LogP contribution in [0.2, 0.25) is 0 Å². The third kappa shape index (κ3) is 3.54. The lowest BCUT2D eigenvalue weighted by molar-refractivity contribution is -0.385. The van der Waals surface area contributed by atoms with E-state index in [0.717, 1.165) is 48.5 Å². The van der Waals surface area contributed by atoms with Crippen LogP contribution < -0.4 is 4.90 Å². The second kappa shape index (κ2) is 7.20. The van der Waals surface area contributed by atoms with Gasteiger partial charge in [0.25, 0.3) is 5.69 Å². The van der Waals surface area contributed by atoms with Gasteiger partial charge in [-0.2, -0.15) is 5.10 Å². The summed E-state index contributed by atoms with van der Waals surface area (Å²) in [5.41, 5.74) is 3.41. The summed E-state index contributed by atoms with van der Waals surface area (Å²) in [6.07, 6.45) is 3.61. The molecule has 4 rings (SSSR count). The van der Waals surface area contributed by atoms with Crippen molar-refractivity contribution in [1.82, 2.24) is 15.1 Å². The minimum Gasteiger partial charge on any atom is -0.369 e. The number of aromatic amines is 1. The van der Waals surface area contributed by atoms with Crippen LogP contribution in [-0.4, -0.2) is 53.2 Å². The molecule has 0 radical (unpaired) electrons. The number of nitrogens with one attached hydrogen (secondary N) is 1. The Morgan fingerprint density at radius 3 is 2.67 bits per heavy atom. The third-order valence-corrected chi connectivity index (χ3v) is 5.00. The van der Waals surface area contributed by atoms with Gasteiger partial charge in [-0.3, -0.25) is 15.2 Å². The molecule has 138 valence electrons. The van der Waals surface area contributed by atoms with E-state index in [2.05, 4.69) is 27.0 Å². The van der Waals surface area contributed by atoms with Crippen LogP contribution in [0, 0.1) is 10.1 Å². The number of fused-ring (bicyclic) bond motifs is 1. The molecule has 3 aromatic rings. The lowest BCUT2D eigenvalue weighted by Gasteiger charge is -2.34. The standard InChI is InChI=1S/C20H21N5O2/c1-23-10-12-24(13-11-23)16-7-9-20(25(26)27)15(14-16)6-8-19-17-4-2-3-5-18(17)21-22-19/h2-9,14H,10-13H2,1H3,(H,21,22)/b8-6+. The minimum absolute atomic E-state index is 0.101. The summed E-state index contributed by atoms with van der Waals surface area (Å²) in [4.78, 5) is 15.7. The summed E-state index contributed by atoms with van der Waals surface area (Å²) in [7, 11) is 2.11. The van der Waals surface area contributed by atoms with Crippen LogP contribution >= 0.6 is 0 Å². The summed E-state index contributed by atoms with van der Waals surface area (Å²) >= 11 is 0. The maximum Gasteiger partial charge on any atom is 0.276 e. The van der Waals surface area contributed by atoms with Gasteiger partial charge in [0.05, 0.1) is 21.7 Å². The minimum atomic E-state index is -0.337. The van der Waals surface area contributed by atoms with Crippen LogP contribution in [-0.2, 0) is 0 Å². The van der Waals surface area contributed by atoms with Crippen molar-refractivity contribution in [2.45, 2.75) is 0 Å². The molecule has 1 N–H and O–H groups in total. The first-order chi connectivity index (χ1) is 13.1. The van der Waals surface area contributed by atoms with Gasteiger partial charge in [-0.25, -0.2) is 0 Å². The number of anilines is 1. The lowest BCUT2D eigenvalue weighted by Crippen LogP contribution is -2.44. The zero-order valence-corrected chi connectivity index (χ0v) is 15.1. The predicted molar refractivity (Wildman–Crippen MR) is 108 cm³/mol. The summed E-state index contributed by atoms with van der Waals surface area (Å²) in [6, 6.07) is 13.2. The molecule has 1 aliphatic heterocycles. The van der Waals surface area contributed by atoms with Gasteiger partial charge in [-0.1, -0.05) is 18.2 Å². The number of piperazine rings is 1. The summed E-state index contributed by atoms with van der Waals surface area (Å²) in [6.45, 7) is 3.81. The maximum atomic E-state index is 11.5. The van der Waals surface area contributed by atoms with Crippen LogP contribution in [0.4, 0.5) is 11.4 Å². The summed E-state index contributed by atoms with van der Waals surface area (Å²) in [5.74, 6) is 0. The van der Waals surface area contributed by atoms with Crippen molar-refractivity contribution >= 4 is 34.4 Å². The monoisotopic (exact) mass is 363 g/mol. The molecular weight excluding hydrogens is 342 g/mol. The number of benzene rings is 2. The van der Waals surface area contributed by atoms with Crippen LogP contribution in [0.1, 0.15) is 11.3 Å². The van der Waals surface area contributed by atoms with Gasteiger partial charge in [-0.15, -0.1) is 0 Å². The van der Waals surface area contributed by atoms with Crippen molar-refractivity contribution in [3.63, 3.8) is 0 Å². The number of H-pyrrole nitrogens is 1. The SMILES string of the molecule is CN1CCN(c2ccc([N+](=O)[O-])c(/C=C/c3n[nH]c4ccccc34)c2)CC1. The smallest absolute Gasteiger partial charge is 0.276 e. The highest BCUT2D eigenvalue weighted by molar-refractivity contribution is 5.90. The largest absolute Gasteiger partial charge is 0.369 e. The fraction of sp³-hybridized carbons (Fsp3) is 0.250. The van der Waals surface area contributed by atoms with E-state index >= 15 is 0 Å². The molecule has 0 saturated carbocycles. The van der Waals surface area contributed by atoms with Gasteiger partial charge in [0.1, 0.15) is 0 Å². The highest BCUT2D eigenvalue weighted by atomic mass is 16.6. The predicted octanol–water partition coefficient (Wildman–Crippen LogP) is 3.39. The quantitative estimate of drug-likeness (QED) is 0.568. The first-order valence-electron chi connectivity index (χ1n) is 8.95. The number of rotatable bonds is 4. The van der Waals surface area contributed by atoms with Crippen LogP contribution in [0.25, 0.3) is 23.1 Å². The summed E-state index contributed by atoms with van der Waals surface area (Å²) in [5, 5.41) is 19.7. The van der Waals surface area contributed by atoms with E-state index in [-0.39, 0.29) is 10.6 Å². The van der Waals surface area contributed by atoms with Gasteiger partial charge in [-0.05, 0) is 37.4 Å². The molecule has 1 saturated heterocycles. The maximum absolute atomic E-state index is 11.5. The molecule has 1 aliphatic rings. The van der Waals surface area contributed by atoms with Gasteiger partial charge < -0.3 is 9.80 Å². The number of para-hydroxylation sites is 1. The zero-order chi connectivity index (χ0) is 18.8. The van der Waals surface area contributed by atoms with Crippen molar-refractivity contribution in [3.8, 4) is 0 Å². The van der Waals surface area contributed by atoms with Crippen LogP contribution in [0.3, 0.4) is 0 Å². The van der Waals surface area contributed by atoms with Crippen molar-refractivity contribution in [2.24, 2.45) is 0 Å². The number of nitro groups is 1. The molecule has 0 aliphatic carbocycles. The van der Waals surface area contributed by atoms with E-state index < -0.39 is 0 Å². The average molecular weight is 363 g/mol. The highest BCUT2D eigenvalue weighted by Gasteiger charge is 2.18. The van der Waals surface area contributed by atoms with Gasteiger partial charge >= 0.3 is 0 Å². The van der Waals surface area contributed by atoms with Gasteiger partial charge in [0.15, 0.2) is 0 Å². The lowest BCUT2D eigenvalue weighted by atomic mass is 10.1. The number of likely N-dealkylation sites (N-methyl/N-ethyl adjacent to an activating group) is 1. The molecule has 0 bridgehead atoms. The van der Waals surface area contributed by atoms with Crippen molar-refractivity contribution < 1.29 is 4.92 Å². The third-order valence-electron chi connectivity index (χ3n) is 5.00. The number of nitro benzene ring substituents is 1. The van der Waals surface area contributed by atoms with E-state index in [1.54, 1.807) is 12.1 Å². The Labute approximate surface area is 157 Å². The van der Waals surface area contributed by atoms with E-state index in [9.17, 15) is 10.1 Å². The molecule has 0 unspecified atom stereocenters. The van der Waals surface area contributed by atoms with Crippen LogP contribution in [0.5, 0.6) is 0 Å². The zero-order valence-electron chi connectivity index (χ0n) is 15.1. The molecule has 0 spiro atoms. The van der Waals surface area contributed by atoms with E-state index in [4.69, 9.17) is 0 Å². The molecule has 7 nitrogen and oxygen atoms in total. The molecule has 0 atom stereocenters. The fourth-order valence-electron chi connectivity index (χ4n) is 3.38. The first kappa shape index (κ1) is 17.2. The Bertz CT molecular complexity index is 1000. The molecule has 1 aromatic heterocycles. The number of hydrogen-bond donors (Lipinski definition) is 1. The Hall–Kier alpha value is -3.19. The van der Waals surface area contributed by atoms with Crippen LogP contribution in [0.15, 0.2) is 42.5 Å². The van der Waals surface area contributed by atoms with E-state index in [0.29, 0.717) is 5.56 Å². The molecule has 2 aromatic carbocycles. The second-order valence-corrected chi connectivity index (χ2v) is 6.78. The Morgan fingerprint density at radius 1 is 1.11 bits per heavy atom. The number of hydrogen-bond acceptors (Lipinski definition) is 5. The second-order valence-electron chi connectivity index (χ2n) is 6.78. The molecular formula is C20H21N5O2. The highest BCUT2D eigenvalue weighted by Crippen LogP contribution is 2.28. The topological polar surface area (TPSA) is 78.3 Å². The fourth-order valence-corrected chi connectivity index (χ4v) is 3.38. The molecule has 0 amide bonds. The van der Waals surface area contributed by atoms with Crippen molar-refractivity contribution in [3.05, 3.63) is 63.8 Å². The summed E-state index contributed by atoms with van der Waals surface area (Å²) < 4.78 is 0.